The van der Waals surface area contributed by atoms with E-state index in [2.05, 4.69) is 15.4 Å². The van der Waals surface area contributed by atoms with Crippen molar-refractivity contribution < 1.29 is 9.18 Å². The summed E-state index contributed by atoms with van der Waals surface area (Å²) >= 11 is 0. The molecule has 21 heavy (non-hydrogen) atoms. The highest BCUT2D eigenvalue weighted by atomic mass is 19.1. The molecule has 6 heteroatoms. The number of rotatable bonds is 2. The molecular weight excluding hydrogens is 271 g/mol. The van der Waals surface area contributed by atoms with Crippen molar-refractivity contribution in [1.82, 2.24) is 15.4 Å². The van der Waals surface area contributed by atoms with Crippen LogP contribution in [0.25, 0.3) is 11.1 Å². The fourth-order valence-corrected chi connectivity index (χ4v) is 2.25. The van der Waals surface area contributed by atoms with E-state index in [0.29, 0.717) is 12.4 Å². The van der Waals surface area contributed by atoms with Crippen molar-refractivity contribution in [1.29, 1.82) is 0 Å². The van der Waals surface area contributed by atoms with Gasteiger partial charge in [0.15, 0.2) is 0 Å². The van der Waals surface area contributed by atoms with Gasteiger partial charge in [0.25, 0.3) is 0 Å². The first-order valence-electron chi connectivity index (χ1n) is 6.63. The molecule has 5 nitrogen and oxygen atoms in total. The van der Waals surface area contributed by atoms with Crippen LogP contribution in [-0.4, -0.2) is 21.4 Å². The van der Waals surface area contributed by atoms with E-state index >= 15 is 0 Å². The Balaban J connectivity index is 1.85. The summed E-state index contributed by atoms with van der Waals surface area (Å²) < 4.78 is 12.9. The summed E-state index contributed by atoms with van der Waals surface area (Å²) in [7, 11) is 0. The maximum atomic E-state index is 12.9. The largest absolute Gasteiger partial charge is 0.273 e. The predicted octanol–water partition coefficient (Wildman–Crippen LogP) is 2.30. The molecule has 1 saturated heterocycles. The predicted molar refractivity (Wildman–Crippen MR) is 76.7 cm³/mol. The van der Waals surface area contributed by atoms with Gasteiger partial charge in [-0.1, -0.05) is 12.1 Å². The third-order valence-corrected chi connectivity index (χ3v) is 3.27. The second-order valence-corrected chi connectivity index (χ2v) is 5.68. The van der Waals surface area contributed by atoms with Gasteiger partial charge in [-0.25, -0.2) is 24.8 Å². The van der Waals surface area contributed by atoms with E-state index in [1.165, 1.54) is 17.1 Å². The van der Waals surface area contributed by atoms with Gasteiger partial charge < -0.3 is 0 Å². The molecule has 1 aliphatic rings. The minimum absolute atomic E-state index is 0.0606. The number of carbonyl (C=O) groups is 1. The highest BCUT2D eigenvalue weighted by molar-refractivity contribution is 5.93. The van der Waals surface area contributed by atoms with E-state index in [1.54, 1.807) is 24.5 Å². The summed E-state index contributed by atoms with van der Waals surface area (Å²) in [5, 5.41) is 1.37. The Morgan fingerprint density at radius 1 is 1.14 bits per heavy atom. The van der Waals surface area contributed by atoms with Gasteiger partial charge in [-0.2, -0.15) is 0 Å². The molecule has 0 saturated carbocycles. The first-order chi connectivity index (χ1) is 9.94. The monoisotopic (exact) mass is 286 g/mol. The number of nitrogens with one attached hydrogen (secondary N) is 1. The second kappa shape index (κ2) is 4.89. The van der Waals surface area contributed by atoms with E-state index in [4.69, 9.17) is 0 Å². The molecule has 1 N–H and O–H groups in total. The molecule has 2 aromatic rings. The second-order valence-electron chi connectivity index (χ2n) is 5.68. The summed E-state index contributed by atoms with van der Waals surface area (Å²) in [6, 6.07) is 6.10. The molecule has 1 aromatic heterocycles. The van der Waals surface area contributed by atoms with Crippen molar-refractivity contribution in [3.05, 3.63) is 42.5 Å². The molecule has 3 rings (SSSR count). The number of hydrogen-bond acceptors (Lipinski definition) is 4. The van der Waals surface area contributed by atoms with Crippen LogP contribution in [0.4, 0.5) is 10.3 Å². The smallest absolute Gasteiger partial charge is 0.247 e. The molecule has 0 bridgehead atoms. The Hall–Kier alpha value is -2.34. The fraction of sp³-hybridized carbons (Fsp3) is 0.267. The van der Waals surface area contributed by atoms with Crippen molar-refractivity contribution in [2.45, 2.75) is 25.8 Å². The topological polar surface area (TPSA) is 58.1 Å². The molecule has 1 aliphatic heterocycles. The number of carbonyl (C=O) groups excluding carboxylic acids is 1. The van der Waals surface area contributed by atoms with Gasteiger partial charge in [0, 0.05) is 29.9 Å². The summed E-state index contributed by atoms with van der Waals surface area (Å²) in [5.74, 6) is -0.0312. The Morgan fingerprint density at radius 2 is 1.76 bits per heavy atom. The van der Waals surface area contributed by atoms with Crippen LogP contribution >= 0.6 is 0 Å². The first-order valence-corrected chi connectivity index (χ1v) is 6.63. The highest BCUT2D eigenvalue weighted by Gasteiger charge is 2.37. The summed E-state index contributed by atoms with van der Waals surface area (Å²) in [6.07, 6.45) is 3.64. The van der Waals surface area contributed by atoms with Crippen molar-refractivity contribution in [2.75, 3.05) is 5.01 Å². The van der Waals surface area contributed by atoms with Gasteiger partial charge in [-0.3, -0.25) is 4.79 Å². The highest BCUT2D eigenvalue weighted by Crippen LogP contribution is 2.23. The number of benzene rings is 1. The number of halogens is 1. The van der Waals surface area contributed by atoms with Gasteiger partial charge in [0.1, 0.15) is 5.82 Å². The van der Waals surface area contributed by atoms with Gasteiger partial charge in [0.2, 0.25) is 11.9 Å². The molecular formula is C15H15FN4O. The van der Waals surface area contributed by atoms with Crippen molar-refractivity contribution in [2.24, 2.45) is 0 Å². The van der Waals surface area contributed by atoms with Crippen LogP contribution in [0.15, 0.2) is 36.7 Å². The molecule has 1 aromatic carbocycles. The standard InChI is InChI=1S/C15H15FN4O/c1-15(2)7-13(21)20(19-15)14-17-8-11(9-18-14)10-3-5-12(16)6-4-10/h3-6,8-9,19H,7H2,1-2H3. The molecule has 2 heterocycles. The van der Waals surface area contributed by atoms with E-state index in [-0.39, 0.29) is 17.3 Å². The number of hydrazine groups is 1. The fourth-order valence-electron chi connectivity index (χ4n) is 2.25. The Labute approximate surface area is 121 Å². The van der Waals surface area contributed by atoms with Crippen molar-refractivity contribution in [3.63, 3.8) is 0 Å². The van der Waals surface area contributed by atoms with Gasteiger partial charge in [0.05, 0.1) is 0 Å². The van der Waals surface area contributed by atoms with Crippen molar-refractivity contribution in [3.8, 4) is 11.1 Å². The van der Waals surface area contributed by atoms with Gasteiger partial charge in [-0.05, 0) is 31.5 Å². The lowest BCUT2D eigenvalue weighted by Gasteiger charge is -2.19. The van der Waals surface area contributed by atoms with Gasteiger partial charge >= 0.3 is 0 Å². The lowest BCUT2D eigenvalue weighted by Crippen LogP contribution is -2.43. The zero-order valence-electron chi connectivity index (χ0n) is 11.8. The number of nitrogens with zero attached hydrogens (tertiary/aromatic N) is 3. The van der Waals surface area contributed by atoms with E-state index in [1.807, 2.05) is 13.8 Å². The maximum absolute atomic E-state index is 12.9. The number of anilines is 1. The average Bonchev–Trinajstić information content (AvgIpc) is 2.73. The molecule has 1 fully saturated rings. The zero-order chi connectivity index (χ0) is 15.0. The quantitative estimate of drug-likeness (QED) is 0.920. The van der Waals surface area contributed by atoms with E-state index in [9.17, 15) is 9.18 Å². The van der Waals surface area contributed by atoms with E-state index in [0.717, 1.165) is 11.1 Å². The molecule has 0 spiro atoms. The summed E-state index contributed by atoms with van der Waals surface area (Å²) in [5.41, 5.74) is 4.37. The van der Waals surface area contributed by atoms with Gasteiger partial charge in [-0.15, -0.1) is 0 Å². The number of aromatic nitrogens is 2. The van der Waals surface area contributed by atoms with Crippen LogP contribution < -0.4 is 10.4 Å². The zero-order valence-corrected chi connectivity index (χ0v) is 11.8. The minimum Gasteiger partial charge on any atom is -0.273 e. The molecule has 0 aliphatic carbocycles. The van der Waals surface area contributed by atoms with E-state index < -0.39 is 0 Å². The average molecular weight is 286 g/mol. The third kappa shape index (κ3) is 2.75. The maximum Gasteiger partial charge on any atom is 0.247 e. The minimum atomic E-state index is -0.296. The van der Waals surface area contributed by atoms with Crippen LogP contribution in [0, 0.1) is 5.82 Å². The van der Waals surface area contributed by atoms with Crippen molar-refractivity contribution >= 4 is 11.9 Å². The number of amides is 1. The molecule has 0 atom stereocenters. The normalized spacial score (nSPS) is 17.3. The Bertz CT molecular complexity index is 667. The lowest BCUT2D eigenvalue weighted by molar-refractivity contribution is -0.117. The third-order valence-electron chi connectivity index (χ3n) is 3.27. The van der Waals surface area contributed by atoms with Crippen LogP contribution in [0.2, 0.25) is 0 Å². The Kier molecular flexibility index (Phi) is 3.17. The van der Waals surface area contributed by atoms with Crippen LogP contribution in [0.1, 0.15) is 20.3 Å². The molecule has 0 unspecified atom stereocenters. The SMILES string of the molecule is CC1(C)CC(=O)N(c2ncc(-c3ccc(F)cc3)cn2)N1. The number of hydrogen-bond donors (Lipinski definition) is 1. The lowest BCUT2D eigenvalue weighted by atomic mass is 10.0. The molecule has 1 amide bonds. The van der Waals surface area contributed by atoms with Crippen LogP contribution in [0.3, 0.4) is 0 Å². The summed E-state index contributed by atoms with van der Waals surface area (Å²) in [4.78, 5) is 20.4. The first kappa shape index (κ1) is 13.6. The molecule has 0 radical (unpaired) electrons. The molecule has 108 valence electrons. The van der Waals surface area contributed by atoms with Crippen LogP contribution in [-0.2, 0) is 4.79 Å². The van der Waals surface area contributed by atoms with Crippen LogP contribution in [0.5, 0.6) is 0 Å². The Morgan fingerprint density at radius 3 is 2.29 bits per heavy atom. The summed E-state index contributed by atoms with van der Waals surface area (Å²) in [6.45, 7) is 3.88.